The molecule has 0 aromatic rings. The van der Waals surface area contributed by atoms with Gasteiger partial charge < -0.3 is 80.1 Å². The molecular formula is C20H35NO16. The predicted molar refractivity (Wildman–Crippen MR) is 113 cm³/mol. The number of carbonyl (C=O) groups is 1. The number of rotatable bonds is 8. The minimum Gasteiger partial charge on any atom is -0.394 e. The Morgan fingerprint density at radius 2 is 1.16 bits per heavy atom. The summed E-state index contributed by atoms with van der Waals surface area (Å²) in [6.07, 6.45) is -23.4. The van der Waals surface area contributed by atoms with Crippen LogP contribution in [0.1, 0.15) is 6.92 Å². The second-order valence-corrected chi connectivity index (χ2v) is 9.07. The average molecular weight is 545 g/mol. The molecule has 17 nitrogen and oxygen atoms in total. The molecule has 1 unspecified atom stereocenters. The van der Waals surface area contributed by atoms with E-state index in [0.29, 0.717) is 0 Å². The highest BCUT2D eigenvalue weighted by molar-refractivity contribution is 5.73. The van der Waals surface area contributed by atoms with E-state index in [4.69, 9.17) is 23.7 Å². The maximum absolute atomic E-state index is 11.5. The SMILES string of the molecule is CC(=O)N[C@@H]1C(O)O[C@H](CO)[C@@H](O[C@@H]2O[C@H](CO)[C@@H](O)[C@H](O[C@H]3O[C@H](CO)[C@@H](O)[C@H](O)[C@@H]3O)[C@@H]2O)[C@@H]1O. The third kappa shape index (κ3) is 6.38. The summed E-state index contributed by atoms with van der Waals surface area (Å²) < 4.78 is 26.9. The molecular weight excluding hydrogens is 510 g/mol. The first-order valence-electron chi connectivity index (χ1n) is 11.6. The van der Waals surface area contributed by atoms with E-state index in [-0.39, 0.29) is 0 Å². The highest BCUT2D eigenvalue weighted by Crippen LogP contribution is 2.32. The van der Waals surface area contributed by atoms with Gasteiger partial charge in [-0.1, -0.05) is 0 Å². The van der Waals surface area contributed by atoms with Crippen LogP contribution in [0.25, 0.3) is 0 Å². The largest absolute Gasteiger partial charge is 0.394 e. The zero-order valence-electron chi connectivity index (χ0n) is 19.7. The van der Waals surface area contributed by atoms with Gasteiger partial charge in [0.2, 0.25) is 5.91 Å². The van der Waals surface area contributed by atoms with Gasteiger partial charge in [0, 0.05) is 6.92 Å². The van der Waals surface area contributed by atoms with Gasteiger partial charge in [0.15, 0.2) is 18.9 Å². The van der Waals surface area contributed by atoms with Gasteiger partial charge in [-0.15, -0.1) is 0 Å². The van der Waals surface area contributed by atoms with Crippen LogP contribution in [-0.4, -0.2) is 169 Å². The van der Waals surface area contributed by atoms with Crippen molar-refractivity contribution in [3.05, 3.63) is 0 Å². The normalized spacial score (nSPS) is 49.0. The van der Waals surface area contributed by atoms with Crippen LogP contribution in [0.5, 0.6) is 0 Å². The number of amides is 1. The lowest BCUT2D eigenvalue weighted by Gasteiger charge is -2.48. The number of hydrogen-bond donors (Lipinski definition) is 11. The highest BCUT2D eigenvalue weighted by Gasteiger charge is 2.53. The van der Waals surface area contributed by atoms with Gasteiger partial charge in [0.05, 0.1) is 19.8 Å². The van der Waals surface area contributed by atoms with E-state index in [1.165, 1.54) is 0 Å². The van der Waals surface area contributed by atoms with Crippen molar-refractivity contribution in [2.24, 2.45) is 0 Å². The molecule has 0 saturated carbocycles. The number of hydrogen-bond acceptors (Lipinski definition) is 16. The molecule has 0 spiro atoms. The summed E-state index contributed by atoms with van der Waals surface area (Å²) in [7, 11) is 0. The minimum atomic E-state index is -1.91. The number of aliphatic hydroxyl groups excluding tert-OH is 10. The maximum atomic E-state index is 11.5. The van der Waals surface area contributed by atoms with Crippen molar-refractivity contribution in [3.63, 3.8) is 0 Å². The lowest BCUT2D eigenvalue weighted by Crippen LogP contribution is -2.68. The van der Waals surface area contributed by atoms with Gasteiger partial charge in [0.1, 0.15) is 73.2 Å². The van der Waals surface area contributed by atoms with Gasteiger partial charge in [-0.3, -0.25) is 4.79 Å². The van der Waals surface area contributed by atoms with Crippen molar-refractivity contribution < 1.29 is 79.5 Å². The Kier molecular flexibility index (Phi) is 10.5. The Morgan fingerprint density at radius 1 is 0.649 bits per heavy atom. The van der Waals surface area contributed by atoms with E-state index in [0.717, 1.165) is 6.92 Å². The standard InChI is InChI=1S/C20H35NO16/c1-5(25)21-9-12(28)16(8(4-24)33-18(9)32)36-20-15(31)17(11(27)7(3-23)35-20)37-19-14(30)13(29)10(26)6(2-22)34-19/h6-20,22-24,26-32H,2-4H2,1H3,(H,21,25)/t6-,7-,8-,9+,10-,11-,12-,13+,14+,15+,16-,17+,18?,19-,20+/m1/s1. The van der Waals surface area contributed by atoms with E-state index in [9.17, 15) is 55.9 Å². The summed E-state index contributed by atoms with van der Waals surface area (Å²) in [6.45, 7) is -1.23. The summed E-state index contributed by atoms with van der Waals surface area (Å²) in [5, 5.41) is 103. The van der Waals surface area contributed by atoms with E-state index in [1.807, 2.05) is 0 Å². The van der Waals surface area contributed by atoms with Crippen LogP contribution in [0.4, 0.5) is 0 Å². The Labute approximate surface area is 210 Å². The van der Waals surface area contributed by atoms with Crippen LogP contribution >= 0.6 is 0 Å². The van der Waals surface area contributed by atoms with Gasteiger partial charge in [-0.2, -0.15) is 0 Å². The van der Waals surface area contributed by atoms with Crippen molar-refractivity contribution >= 4 is 5.91 Å². The second-order valence-electron chi connectivity index (χ2n) is 9.07. The Hall–Kier alpha value is -1.13. The van der Waals surface area contributed by atoms with Crippen molar-refractivity contribution in [2.75, 3.05) is 19.8 Å². The Morgan fingerprint density at radius 3 is 1.70 bits per heavy atom. The van der Waals surface area contributed by atoms with Gasteiger partial charge in [0.25, 0.3) is 0 Å². The summed E-state index contributed by atoms with van der Waals surface area (Å²) in [5.74, 6) is -0.627. The van der Waals surface area contributed by atoms with E-state index >= 15 is 0 Å². The smallest absolute Gasteiger partial charge is 0.217 e. The molecule has 3 aliphatic rings. The first kappa shape index (κ1) is 30.4. The van der Waals surface area contributed by atoms with E-state index in [1.54, 1.807) is 0 Å². The summed E-state index contributed by atoms with van der Waals surface area (Å²) >= 11 is 0. The number of aliphatic hydroxyl groups is 10. The fraction of sp³-hybridized carbons (Fsp3) is 0.950. The van der Waals surface area contributed by atoms with Crippen LogP contribution in [0.3, 0.4) is 0 Å². The molecule has 3 saturated heterocycles. The van der Waals surface area contributed by atoms with E-state index in [2.05, 4.69) is 5.32 Å². The molecule has 3 heterocycles. The Balaban J connectivity index is 1.80. The molecule has 0 radical (unpaired) electrons. The van der Waals surface area contributed by atoms with Crippen LogP contribution in [0.2, 0.25) is 0 Å². The lowest BCUT2D eigenvalue weighted by atomic mass is 9.95. The molecule has 216 valence electrons. The number of nitrogens with one attached hydrogen (secondary N) is 1. The number of ether oxygens (including phenoxy) is 5. The first-order valence-corrected chi connectivity index (χ1v) is 11.6. The molecule has 15 atom stereocenters. The van der Waals surface area contributed by atoms with Crippen LogP contribution < -0.4 is 5.32 Å². The van der Waals surface area contributed by atoms with Gasteiger partial charge in [-0.25, -0.2) is 0 Å². The zero-order chi connectivity index (χ0) is 27.6. The fourth-order valence-corrected chi connectivity index (χ4v) is 4.46. The van der Waals surface area contributed by atoms with Crippen molar-refractivity contribution in [1.82, 2.24) is 5.32 Å². The van der Waals surface area contributed by atoms with Gasteiger partial charge in [-0.05, 0) is 0 Å². The molecule has 3 rings (SSSR count). The monoisotopic (exact) mass is 545 g/mol. The molecule has 0 aromatic heterocycles. The number of carbonyl (C=O) groups excluding carboxylic acids is 1. The van der Waals surface area contributed by atoms with Crippen molar-refractivity contribution in [2.45, 2.75) is 99.0 Å². The van der Waals surface area contributed by atoms with E-state index < -0.39 is 118 Å². The molecule has 1 amide bonds. The fourth-order valence-electron chi connectivity index (χ4n) is 4.46. The van der Waals surface area contributed by atoms with Crippen molar-refractivity contribution in [3.8, 4) is 0 Å². The lowest BCUT2D eigenvalue weighted by molar-refractivity contribution is -0.375. The van der Waals surface area contributed by atoms with Crippen molar-refractivity contribution in [1.29, 1.82) is 0 Å². The second kappa shape index (κ2) is 12.8. The summed E-state index contributed by atoms with van der Waals surface area (Å²) in [6, 6.07) is -1.40. The third-order valence-electron chi connectivity index (χ3n) is 6.50. The molecule has 11 N–H and O–H groups in total. The Bertz CT molecular complexity index is 745. The molecule has 3 fully saturated rings. The minimum absolute atomic E-state index is 0.627. The van der Waals surface area contributed by atoms with Gasteiger partial charge >= 0.3 is 0 Å². The highest BCUT2D eigenvalue weighted by atomic mass is 16.7. The topological polar surface area (TPSA) is 278 Å². The quantitative estimate of drug-likeness (QED) is 0.135. The zero-order valence-corrected chi connectivity index (χ0v) is 19.7. The van der Waals surface area contributed by atoms with Crippen LogP contribution in [0, 0.1) is 0 Å². The molecule has 0 aliphatic carbocycles. The third-order valence-corrected chi connectivity index (χ3v) is 6.50. The maximum Gasteiger partial charge on any atom is 0.217 e. The average Bonchev–Trinajstić information content (AvgIpc) is 2.86. The summed E-state index contributed by atoms with van der Waals surface area (Å²) in [5.41, 5.74) is 0. The predicted octanol–water partition coefficient (Wildman–Crippen LogP) is -7.43. The molecule has 17 heteroatoms. The van der Waals surface area contributed by atoms with Crippen LogP contribution in [0.15, 0.2) is 0 Å². The first-order chi connectivity index (χ1) is 17.4. The summed E-state index contributed by atoms with van der Waals surface area (Å²) in [4.78, 5) is 11.5. The molecule has 0 bridgehead atoms. The molecule has 0 aromatic carbocycles. The molecule has 3 aliphatic heterocycles. The van der Waals surface area contributed by atoms with Crippen LogP contribution in [-0.2, 0) is 28.5 Å². The molecule has 37 heavy (non-hydrogen) atoms.